The van der Waals surface area contributed by atoms with E-state index in [9.17, 15) is 4.79 Å². The molecule has 0 aromatic carbocycles. The maximum Gasteiger partial charge on any atom is 0.195 e. The molecular weight excluding hydrogens is 216 g/mol. The molecule has 1 atom stereocenters. The van der Waals surface area contributed by atoms with Crippen LogP contribution >= 0.6 is 0 Å². The number of rotatable bonds is 4. The zero-order chi connectivity index (χ0) is 13.1. The van der Waals surface area contributed by atoms with Crippen LogP contribution in [0.2, 0.25) is 0 Å². The van der Waals surface area contributed by atoms with Crippen LogP contribution in [0.5, 0.6) is 0 Å². The maximum absolute atomic E-state index is 12.4. The average molecular weight is 236 g/mol. The second kappa shape index (κ2) is 5.27. The van der Waals surface area contributed by atoms with Crippen LogP contribution in [0.25, 0.3) is 0 Å². The van der Waals surface area contributed by atoms with Gasteiger partial charge in [-0.05, 0) is 18.4 Å². The van der Waals surface area contributed by atoms with Crippen LogP contribution in [0.4, 0.5) is 5.69 Å². The zero-order valence-electron chi connectivity index (χ0n) is 10.9. The van der Waals surface area contributed by atoms with Gasteiger partial charge in [-0.3, -0.25) is 9.78 Å². The van der Waals surface area contributed by atoms with Crippen LogP contribution in [0.15, 0.2) is 18.5 Å². The van der Waals surface area contributed by atoms with E-state index in [1.54, 1.807) is 12.3 Å². The first kappa shape index (κ1) is 13.6. The number of nitrogen functional groups attached to an aromatic ring is 1. The fourth-order valence-electron chi connectivity index (χ4n) is 1.64. The number of hydrogen-bond acceptors (Lipinski definition) is 4. The molecule has 0 bridgehead atoms. The van der Waals surface area contributed by atoms with Crippen molar-refractivity contribution in [3.8, 4) is 0 Å². The number of carbonyl (C=O) groups is 1. The number of ether oxygens (including phenoxy) is 1. The minimum Gasteiger partial charge on any atom is -0.398 e. The molecule has 4 nitrogen and oxygen atoms in total. The van der Waals surface area contributed by atoms with Crippen molar-refractivity contribution in [2.24, 2.45) is 5.41 Å². The summed E-state index contributed by atoms with van der Waals surface area (Å²) in [5.41, 5.74) is 6.39. The molecule has 0 fully saturated rings. The van der Waals surface area contributed by atoms with E-state index >= 15 is 0 Å². The van der Waals surface area contributed by atoms with Gasteiger partial charge in [-0.15, -0.1) is 0 Å². The van der Waals surface area contributed by atoms with E-state index in [1.807, 2.05) is 27.7 Å². The lowest BCUT2D eigenvalue weighted by Crippen LogP contribution is -2.37. The highest BCUT2D eigenvalue weighted by atomic mass is 16.5. The summed E-state index contributed by atoms with van der Waals surface area (Å²) >= 11 is 0. The van der Waals surface area contributed by atoms with E-state index in [4.69, 9.17) is 10.5 Å². The molecule has 94 valence electrons. The number of Topliss-reactive ketones (excluding diaryl/α,β-unsaturated/α-hetero) is 1. The number of ketones is 1. The van der Waals surface area contributed by atoms with Gasteiger partial charge in [0.1, 0.15) is 6.10 Å². The molecule has 0 spiro atoms. The Bertz CT molecular complexity index is 397. The number of nitrogens with zero attached hydrogens (tertiary/aromatic N) is 1. The van der Waals surface area contributed by atoms with E-state index in [0.717, 1.165) is 0 Å². The largest absolute Gasteiger partial charge is 0.398 e. The Labute approximate surface area is 102 Å². The summed E-state index contributed by atoms with van der Waals surface area (Å²) in [5, 5.41) is 0. The van der Waals surface area contributed by atoms with Gasteiger partial charge in [0.25, 0.3) is 0 Å². The minimum absolute atomic E-state index is 0.107. The van der Waals surface area contributed by atoms with Gasteiger partial charge in [0.05, 0.1) is 5.56 Å². The number of anilines is 1. The second-order valence-electron chi connectivity index (χ2n) is 5.03. The van der Waals surface area contributed by atoms with E-state index in [0.29, 0.717) is 17.9 Å². The van der Waals surface area contributed by atoms with Crippen molar-refractivity contribution in [3.63, 3.8) is 0 Å². The second-order valence-corrected chi connectivity index (χ2v) is 5.03. The summed E-state index contributed by atoms with van der Waals surface area (Å²) in [6.45, 7) is 8.28. The quantitative estimate of drug-likeness (QED) is 0.815. The highest BCUT2D eigenvalue weighted by molar-refractivity contribution is 6.03. The number of carbonyl (C=O) groups excluding carboxylic acids is 1. The summed E-state index contributed by atoms with van der Waals surface area (Å²) < 4.78 is 5.54. The first-order chi connectivity index (χ1) is 7.88. The number of pyridine rings is 1. The van der Waals surface area contributed by atoms with Crippen LogP contribution < -0.4 is 5.73 Å². The Kier molecular flexibility index (Phi) is 4.23. The molecule has 2 N–H and O–H groups in total. The number of aromatic nitrogens is 1. The van der Waals surface area contributed by atoms with Crippen LogP contribution in [0, 0.1) is 5.41 Å². The third-order valence-electron chi connectivity index (χ3n) is 2.48. The average Bonchev–Trinajstić information content (AvgIpc) is 2.24. The van der Waals surface area contributed by atoms with Crippen LogP contribution in [-0.4, -0.2) is 23.5 Å². The molecule has 0 saturated heterocycles. The molecule has 0 aliphatic carbocycles. The van der Waals surface area contributed by atoms with Gasteiger partial charge in [-0.25, -0.2) is 0 Å². The van der Waals surface area contributed by atoms with E-state index in [1.165, 1.54) is 6.20 Å². The molecule has 17 heavy (non-hydrogen) atoms. The standard InChI is InChI=1S/C13H20N2O2/c1-5-17-12(13(2,3)4)11(16)9-8-15-7-6-10(9)14/h6-8,12H,5H2,1-4H3,(H2,14,15). The van der Waals surface area contributed by atoms with E-state index < -0.39 is 6.10 Å². The maximum atomic E-state index is 12.4. The lowest BCUT2D eigenvalue weighted by molar-refractivity contribution is -0.000180. The summed E-state index contributed by atoms with van der Waals surface area (Å²) in [6.07, 6.45) is 2.56. The SMILES string of the molecule is CCOC(C(=O)c1cnccc1N)C(C)(C)C. The summed E-state index contributed by atoms with van der Waals surface area (Å²) in [4.78, 5) is 16.3. The van der Waals surface area contributed by atoms with Crippen LogP contribution in [-0.2, 0) is 4.74 Å². The highest BCUT2D eigenvalue weighted by Gasteiger charge is 2.33. The Balaban J connectivity index is 3.05. The summed E-state index contributed by atoms with van der Waals surface area (Å²) in [7, 11) is 0. The van der Waals surface area contributed by atoms with Gasteiger partial charge in [0.2, 0.25) is 0 Å². The van der Waals surface area contributed by atoms with Gasteiger partial charge >= 0.3 is 0 Å². The lowest BCUT2D eigenvalue weighted by atomic mass is 9.84. The molecular formula is C13H20N2O2. The predicted molar refractivity (Wildman–Crippen MR) is 67.8 cm³/mol. The predicted octanol–water partition coefficient (Wildman–Crippen LogP) is 2.30. The smallest absolute Gasteiger partial charge is 0.195 e. The molecule has 4 heteroatoms. The van der Waals surface area contributed by atoms with Gasteiger partial charge in [0, 0.05) is 24.7 Å². The number of hydrogen-bond donors (Lipinski definition) is 1. The zero-order valence-corrected chi connectivity index (χ0v) is 10.9. The monoisotopic (exact) mass is 236 g/mol. The van der Waals surface area contributed by atoms with Crippen molar-refractivity contribution in [2.75, 3.05) is 12.3 Å². The topological polar surface area (TPSA) is 65.2 Å². The Hall–Kier alpha value is -1.42. The third kappa shape index (κ3) is 3.27. The fraction of sp³-hybridized carbons (Fsp3) is 0.538. The van der Waals surface area contributed by atoms with Crippen molar-refractivity contribution in [2.45, 2.75) is 33.8 Å². The van der Waals surface area contributed by atoms with Crippen LogP contribution in [0.1, 0.15) is 38.1 Å². The Morgan fingerprint density at radius 3 is 2.65 bits per heavy atom. The van der Waals surface area contributed by atoms with Gasteiger partial charge in [-0.1, -0.05) is 20.8 Å². The molecule has 1 rings (SSSR count). The van der Waals surface area contributed by atoms with Gasteiger partial charge in [-0.2, -0.15) is 0 Å². The first-order valence-corrected chi connectivity index (χ1v) is 5.73. The van der Waals surface area contributed by atoms with Gasteiger partial charge in [0.15, 0.2) is 5.78 Å². The normalized spacial score (nSPS) is 13.4. The lowest BCUT2D eigenvalue weighted by Gasteiger charge is -2.29. The molecule has 0 radical (unpaired) electrons. The minimum atomic E-state index is -0.501. The summed E-state index contributed by atoms with van der Waals surface area (Å²) in [5.74, 6) is -0.107. The van der Waals surface area contributed by atoms with Crippen molar-refractivity contribution in [1.82, 2.24) is 4.98 Å². The van der Waals surface area contributed by atoms with Crippen molar-refractivity contribution in [3.05, 3.63) is 24.0 Å². The molecule has 0 aliphatic heterocycles. The molecule has 1 aromatic rings. The van der Waals surface area contributed by atoms with Crippen molar-refractivity contribution >= 4 is 11.5 Å². The molecule has 0 aliphatic rings. The van der Waals surface area contributed by atoms with Crippen molar-refractivity contribution in [1.29, 1.82) is 0 Å². The Morgan fingerprint density at radius 2 is 2.18 bits per heavy atom. The molecule has 1 aromatic heterocycles. The molecule has 0 amide bonds. The highest BCUT2D eigenvalue weighted by Crippen LogP contribution is 2.26. The summed E-state index contributed by atoms with van der Waals surface area (Å²) in [6, 6.07) is 1.62. The van der Waals surface area contributed by atoms with E-state index in [2.05, 4.69) is 4.98 Å². The van der Waals surface area contributed by atoms with Crippen molar-refractivity contribution < 1.29 is 9.53 Å². The fourth-order valence-corrected chi connectivity index (χ4v) is 1.64. The Morgan fingerprint density at radius 1 is 1.53 bits per heavy atom. The third-order valence-corrected chi connectivity index (χ3v) is 2.48. The first-order valence-electron chi connectivity index (χ1n) is 5.73. The number of nitrogens with two attached hydrogens (primary N) is 1. The van der Waals surface area contributed by atoms with E-state index in [-0.39, 0.29) is 11.2 Å². The van der Waals surface area contributed by atoms with Crippen LogP contribution in [0.3, 0.4) is 0 Å². The van der Waals surface area contributed by atoms with Gasteiger partial charge < -0.3 is 10.5 Å². The molecule has 1 unspecified atom stereocenters. The molecule has 0 saturated carbocycles. The molecule has 1 heterocycles.